The van der Waals surface area contributed by atoms with E-state index in [2.05, 4.69) is 0 Å². The summed E-state index contributed by atoms with van der Waals surface area (Å²) in [6.07, 6.45) is 0. The number of thiazole rings is 1. The number of hydrogen-bond donors (Lipinski definition) is 0. The third kappa shape index (κ3) is 5.30. The zero-order chi connectivity index (χ0) is 28.3. The summed E-state index contributed by atoms with van der Waals surface area (Å²) in [5, 5.41) is 0.536. The van der Waals surface area contributed by atoms with Crippen LogP contribution in [0.1, 0.15) is 28.4 Å². The highest BCUT2D eigenvalue weighted by atomic mass is 32.2. The number of anilines is 2. The Kier molecular flexibility index (Phi) is 7.86. The van der Waals surface area contributed by atoms with Crippen molar-refractivity contribution in [2.75, 3.05) is 22.9 Å². The van der Waals surface area contributed by atoms with E-state index >= 15 is 0 Å². The number of fused-ring (bicyclic) bond motifs is 1. The average Bonchev–Trinajstić information content (AvgIpc) is 3.43. The second kappa shape index (κ2) is 11.5. The van der Waals surface area contributed by atoms with Crippen molar-refractivity contribution in [1.29, 1.82) is 0 Å². The molecule has 0 bridgehead atoms. The van der Waals surface area contributed by atoms with E-state index in [1.807, 2.05) is 55.5 Å². The van der Waals surface area contributed by atoms with Crippen LogP contribution in [0.15, 0.2) is 102 Å². The molecule has 0 fully saturated rings. The summed E-state index contributed by atoms with van der Waals surface area (Å²) in [4.78, 5) is 20.5. The number of amides is 1. The molecule has 0 saturated carbocycles. The van der Waals surface area contributed by atoms with Gasteiger partial charge in [-0.3, -0.25) is 14.0 Å². The second-order valence-electron chi connectivity index (χ2n) is 9.17. The largest absolute Gasteiger partial charge is 0.494 e. The normalized spacial score (nSPS) is 11.4. The van der Waals surface area contributed by atoms with E-state index in [0.717, 1.165) is 15.8 Å². The zero-order valence-electron chi connectivity index (χ0n) is 22.4. The van der Waals surface area contributed by atoms with Crippen LogP contribution in [0.25, 0.3) is 10.2 Å². The van der Waals surface area contributed by atoms with E-state index < -0.39 is 10.0 Å². The molecule has 0 N–H and O–H groups in total. The van der Waals surface area contributed by atoms with Gasteiger partial charge in [-0.05, 0) is 67.4 Å². The number of aromatic nitrogens is 1. The molecular formula is C31H29N3O4S2. The van der Waals surface area contributed by atoms with Crippen LogP contribution < -0.4 is 13.9 Å². The van der Waals surface area contributed by atoms with Crippen molar-refractivity contribution < 1.29 is 17.9 Å². The predicted octanol–water partition coefficient (Wildman–Crippen LogP) is 6.68. The first-order chi connectivity index (χ1) is 19.3. The Morgan fingerprint density at radius 3 is 2.17 bits per heavy atom. The third-order valence-corrected chi connectivity index (χ3v) is 9.72. The Hall–Kier alpha value is -4.21. The molecule has 5 rings (SSSR count). The van der Waals surface area contributed by atoms with Gasteiger partial charge in [-0.25, -0.2) is 13.4 Å². The molecule has 0 aliphatic carbocycles. The number of sulfonamides is 1. The van der Waals surface area contributed by atoms with Gasteiger partial charge in [0.1, 0.15) is 11.3 Å². The molecule has 0 aliphatic rings. The van der Waals surface area contributed by atoms with Gasteiger partial charge in [-0.15, -0.1) is 0 Å². The van der Waals surface area contributed by atoms with E-state index in [0.29, 0.717) is 34.2 Å². The highest BCUT2D eigenvalue weighted by Crippen LogP contribution is 2.37. The van der Waals surface area contributed by atoms with E-state index in [1.165, 1.54) is 27.8 Å². The Bertz CT molecular complexity index is 1740. The van der Waals surface area contributed by atoms with Crippen LogP contribution in [0.2, 0.25) is 0 Å². The van der Waals surface area contributed by atoms with Crippen molar-refractivity contribution in [2.24, 2.45) is 0 Å². The average molecular weight is 572 g/mol. The van der Waals surface area contributed by atoms with Crippen molar-refractivity contribution in [3.63, 3.8) is 0 Å². The van der Waals surface area contributed by atoms with Gasteiger partial charge in [0.15, 0.2) is 5.13 Å². The van der Waals surface area contributed by atoms with Crippen LogP contribution in [0, 0.1) is 6.92 Å². The summed E-state index contributed by atoms with van der Waals surface area (Å²) in [7, 11) is -2.21. The van der Waals surface area contributed by atoms with Gasteiger partial charge in [-0.2, -0.15) is 0 Å². The van der Waals surface area contributed by atoms with Gasteiger partial charge in [0, 0.05) is 12.1 Å². The fraction of sp³-hybridized carbons (Fsp3) is 0.161. The van der Waals surface area contributed by atoms with Gasteiger partial charge in [0.2, 0.25) is 0 Å². The van der Waals surface area contributed by atoms with Crippen LogP contribution in [-0.4, -0.2) is 33.0 Å². The zero-order valence-corrected chi connectivity index (χ0v) is 24.1. The van der Waals surface area contributed by atoms with Crippen LogP contribution in [0.3, 0.4) is 0 Å². The highest BCUT2D eigenvalue weighted by molar-refractivity contribution is 7.92. The Morgan fingerprint density at radius 1 is 0.900 bits per heavy atom. The lowest BCUT2D eigenvalue weighted by Gasteiger charge is -2.23. The third-order valence-electron chi connectivity index (χ3n) is 6.59. The van der Waals surface area contributed by atoms with Gasteiger partial charge in [0.05, 0.1) is 28.9 Å². The molecule has 0 aliphatic heterocycles. The highest BCUT2D eigenvalue weighted by Gasteiger charge is 2.26. The topological polar surface area (TPSA) is 79.8 Å². The molecule has 0 saturated heterocycles. The minimum atomic E-state index is -3.81. The van der Waals surface area contributed by atoms with Crippen molar-refractivity contribution in [1.82, 2.24) is 4.98 Å². The second-order valence-corrected chi connectivity index (χ2v) is 12.0. The van der Waals surface area contributed by atoms with Crippen LogP contribution in [0.4, 0.5) is 10.8 Å². The lowest BCUT2D eigenvalue weighted by molar-refractivity contribution is 0.0985. The molecule has 1 heterocycles. The molecule has 1 aromatic heterocycles. The molecule has 5 aromatic rings. The predicted molar refractivity (Wildman–Crippen MR) is 161 cm³/mol. The summed E-state index contributed by atoms with van der Waals surface area (Å²) in [5.74, 6) is 0.363. The monoisotopic (exact) mass is 571 g/mol. The lowest BCUT2D eigenvalue weighted by atomic mass is 10.1. The molecule has 0 atom stereocenters. The number of nitrogens with zero attached hydrogens (tertiary/aromatic N) is 3. The number of carbonyl (C=O) groups excluding carboxylic acids is 1. The van der Waals surface area contributed by atoms with Gasteiger partial charge < -0.3 is 4.74 Å². The van der Waals surface area contributed by atoms with E-state index in [9.17, 15) is 13.2 Å². The number of methoxy groups -OCH3 is 1. The van der Waals surface area contributed by atoms with E-state index in [1.54, 1.807) is 55.3 Å². The molecule has 7 nitrogen and oxygen atoms in total. The lowest BCUT2D eigenvalue weighted by Crippen LogP contribution is -2.31. The summed E-state index contributed by atoms with van der Waals surface area (Å²) in [6.45, 7) is 4.37. The number of para-hydroxylation sites is 1. The fourth-order valence-electron chi connectivity index (χ4n) is 4.51. The molecule has 4 aromatic carbocycles. The minimum absolute atomic E-state index is 0.115. The number of benzene rings is 4. The number of aryl methyl sites for hydroxylation is 1. The number of hydrogen-bond acceptors (Lipinski definition) is 6. The molecule has 0 radical (unpaired) electrons. The molecule has 0 spiro atoms. The van der Waals surface area contributed by atoms with Crippen LogP contribution >= 0.6 is 11.3 Å². The summed E-state index contributed by atoms with van der Waals surface area (Å²) < 4.78 is 34.7. The summed E-state index contributed by atoms with van der Waals surface area (Å²) in [6, 6.07) is 28.6. The standard InChI is InChI=1S/C31H29N3O4S2/c1-4-34(25-13-9-6-10-14-25)40(36,37)26-18-16-24(17-19-26)30(35)33(21-23-11-7-5-8-12-23)31-32-28-27(38-3)20-15-22(2)29(28)39-31/h5-20H,4,21H2,1-3H3. The quantitative estimate of drug-likeness (QED) is 0.197. The number of carbonyl (C=O) groups is 1. The van der Waals surface area contributed by atoms with Crippen molar-refractivity contribution in [3.8, 4) is 5.75 Å². The first-order valence-electron chi connectivity index (χ1n) is 12.8. The van der Waals surface area contributed by atoms with Crippen molar-refractivity contribution in [2.45, 2.75) is 25.3 Å². The van der Waals surface area contributed by atoms with E-state index in [-0.39, 0.29) is 17.3 Å². The maximum Gasteiger partial charge on any atom is 0.264 e. The first-order valence-corrected chi connectivity index (χ1v) is 15.1. The van der Waals surface area contributed by atoms with Gasteiger partial charge in [-0.1, -0.05) is 65.9 Å². The molecule has 1 amide bonds. The fourth-order valence-corrected chi connectivity index (χ4v) is 7.03. The van der Waals surface area contributed by atoms with Gasteiger partial charge >= 0.3 is 0 Å². The molecule has 9 heteroatoms. The Balaban J connectivity index is 1.51. The molecule has 0 unspecified atom stereocenters. The van der Waals surface area contributed by atoms with Gasteiger partial charge in [0.25, 0.3) is 15.9 Å². The Labute approximate surface area is 238 Å². The maximum atomic E-state index is 13.9. The number of ether oxygens (including phenoxy) is 1. The minimum Gasteiger partial charge on any atom is -0.494 e. The molecule has 40 heavy (non-hydrogen) atoms. The molecule has 204 valence electrons. The summed E-state index contributed by atoms with van der Waals surface area (Å²) in [5.41, 5.74) is 3.64. The smallest absolute Gasteiger partial charge is 0.264 e. The van der Waals surface area contributed by atoms with Crippen LogP contribution in [-0.2, 0) is 16.6 Å². The van der Waals surface area contributed by atoms with Crippen molar-refractivity contribution in [3.05, 3.63) is 114 Å². The Morgan fingerprint density at radius 2 is 1.55 bits per heavy atom. The molecular weight excluding hydrogens is 542 g/mol. The maximum absolute atomic E-state index is 13.9. The van der Waals surface area contributed by atoms with Crippen LogP contribution in [0.5, 0.6) is 5.75 Å². The number of rotatable bonds is 9. The van der Waals surface area contributed by atoms with Crippen molar-refractivity contribution >= 4 is 48.3 Å². The first kappa shape index (κ1) is 27.4. The summed E-state index contributed by atoms with van der Waals surface area (Å²) >= 11 is 1.43. The SMILES string of the molecule is CCN(c1ccccc1)S(=O)(=O)c1ccc(C(=O)N(Cc2ccccc2)c2nc3c(OC)ccc(C)c3s2)cc1. The van der Waals surface area contributed by atoms with E-state index in [4.69, 9.17) is 9.72 Å².